The van der Waals surface area contributed by atoms with Crippen LogP contribution in [0.1, 0.15) is 46.4 Å². The van der Waals surface area contributed by atoms with E-state index >= 15 is 0 Å². The molecule has 2 aromatic carbocycles. The summed E-state index contributed by atoms with van der Waals surface area (Å²) in [5.41, 5.74) is 10.00. The highest BCUT2D eigenvalue weighted by molar-refractivity contribution is 7.12. The minimum absolute atomic E-state index is 0.0803. The normalized spacial score (nSPS) is 14.2. The van der Waals surface area contributed by atoms with E-state index in [1.54, 1.807) is 17.3 Å². The molecule has 1 fully saturated rings. The summed E-state index contributed by atoms with van der Waals surface area (Å²) in [6, 6.07) is 20.9. The Morgan fingerprint density at radius 3 is 2.62 bits per heavy atom. The summed E-state index contributed by atoms with van der Waals surface area (Å²) in [5.74, 6) is 6.73. The number of anilines is 2. The van der Waals surface area contributed by atoms with Crippen LogP contribution in [0, 0.1) is 5.92 Å². The lowest BCUT2D eigenvalue weighted by Gasteiger charge is -2.35. The van der Waals surface area contributed by atoms with E-state index in [1.165, 1.54) is 11.3 Å². The minimum Gasteiger partial charge on any atom is -0.382 e. The molecular formula is C34H36N8O2S. The van der Waals surface area contributed by atoms with E-state index < -0.39 is 0 Å². The summed E-state index contributed by atoms with van der Waals surface area (Å²) >= 11 is 1.39. The second kappa shape index (κ2) is 13.3. The van der Waals surface area contributed by atoms with Crippen LogP contribution in [0.15, 0.2) is 94.4 Å². The van der Waals surface area contributed by atoms with Crippen LogP contribution in [0.5, 0.6) is 0 Å². The molecule has 0 unspecified atom stereocenters. The van der Waals surface area contributed by atoms with Gasteiger partial charge in [0.25, 0.3) is 11.5 Å². The Balaban J connectivity index is 1.28. The summed E-state index contributed by atoms with van der Waals surface area (Å²) in [7, 11) is 0. The first-order valence-corrected chi connectivity index (χ1v) is 16.0. The fourth-order valence-electron chi connectivity index (χ4n) is 6.02. The molecule has 0 atom stereocenters. The first-order chi connectivity index (χ1) is 22.0. The molecule has 1 aliphatic heterocycles. The van der Waals surface area contributed by atoms with Crippen molar-refractivity contribution in [2.45, 2.75) is 39.3 Å². The van der Waals surface area contributed by atoms with Gasteiger partial charge in [0.05, 0.1) is 22.3 Å². The largest absolute Gasteiger partial charge is 0.382 e. The van der Waals surface area contributed by atoms with Crippen molar-refractivity contribution in [2.24, 2.45) is 22.6 Å². The zero-order valence-corrected chi connectivity index (χ0v) is 26.0. The van der Waals surface area contributed by atoms with Gasteiger partial charge in [0.15, 0.2) is 5.84 Å². The average molecular weight is 621 g/mol. The van der Waals surface area contributed by atoms with Crippen molar-refractivity contribution in [1.82, 2.24) is 14.5 Å². The quantitative estimate of drug-likeness (QED) is 0.105. The molecule has 45 heavy (non-hydrogen) atoms. The standard InChI is InChI=1S/C34H36N8O2S/c1-2-31-38-28-12-11-25(41(22-24-7-5-15-37-20-24)34(44)30-10-6-18-45-30)19-27(28)33(43)42(31)21-23-13-16-40(17-14-23)29-9-4-3-8-26(29)32(35)39-36/h3-12,15,18-20,23H,2,13-14,16-17,21-22,36H2,1H3,(H2,35,39). The van der Waals surface area contributed by atoms with Gasteiger partial charge in [-0.2, -0.15) is 5.10 Å². The summed E-state index contributed by atoms with van der Waals surface area (Å²) in [5, 5.41) is 6.09. The number of benzene rings is 2. The molecule has 0 saturated carbocycles. The van der Waals surface area contributed by atoms with Crippen LogP contribution in [0.3, 0.4) is 0 Å². The van der Waals surface area contributed by atoms with E-state index in [1.807, 2.05) is 83.6 Å². The van der Waals surface area contributed by atoms with Crippen LogP contribution in [-0.2, 0) is 19.5 Å². The van der Waals surface area contributed by atoms with Crippen molar-refractivity contribution in [2.75, 3.05) is 22.9 Å². The number of piperidine rings is 1. The highest BCUT2D eigenvalue weighted by atomic mass is 32.1. The predicted molar refractivity (Wildman–Crippen MR) is 181 cm³/mol. The van der Waals surface area contributed by atoms with E-state index in [-0.39, 0.29) is 11.5 Å². The van der Waals surface area contributed by atoms with Gasteiger partial charge in [0.1, 0.15) is 5.82 Å². The number of hydrogen-bond acceptors (Lipinski definition) is 8. The maximum atomic E-state index is 14.1. The van der Waals surface area contributed by atoms with Gasteiger partial charge < -0.3 is 21.4 Å². The number of amidine groups is 1. The molecule has 10 nitrogen and oxygen atoms in total. The van der Waals surface area contributed by atoms with E-state index in [2.05, 4.69) is 15.0 Å². The van der Waals surface area contributed by atoms with Gasteiger partial charge in [-0.25, -0.2) is 4.98 Å². The number of thiophene rings is 1. The molecule has 1 aliphatic rings. The lowest BCUT2D eigenvalue weighted by Crippen LogP contribution is -2.38. The smallest absolute Gasteiger partial charge is 0.268 e. The van der Waals surface area contributed by atoms with E-state index in [9.17, 15) is 9.59 Å². The number of nitrogens with two attached hydrogens (primary N) is 2. The van der Waals surface area contributed by atoms with Crippen molar-refractivity contribution in [1.29, 1.82) is 0 Å². The van der Waals surface area contributed by atoms with Gasteiger partial charge in [-0.1, -0.05) is 31.2 Å². The molecular weight excluding hydrogens is 584 g/mol. The molecule has 6 rings (SSSR count). The Hall–Kier alpha value is -5.03. The third-order valence-corrected chi connectivity index (χ3v) is 9.26. The summed E-state index contributed by atoms with van der Waals surface area (Å²) in [6.45, 7) is 4.60. The molecule has 1 amide bonds. The first-order valence-electron chi connectivity index (χ1n) is 15.1. The molecule has 0 aliphatic carbocycles. The Morgan fingerprint density at radius 2 is 1.91 bits per heavy atom. The maximum Gasteiger partial charge on any atom is 0.268 e. The minimum atomic E-state index is -0.125. The number of nitrogens with zero attached hydrogens (tertiary/aromatic N) is 6. The zero-order chi connectivity index (χ0) is 31.3. The monoisotopic (exact) mass is 620 g/mol. The number of carbonyl (C=O) groups is 1. The van der Waals surface area contributed by atoms with Crippen LogP contribution in [0.25, 0.3) is 10.9 Å². The Bertz CT molecular complexity index is 1880. The number of carbonyl (C=O) groups excluding carboxylic acids is 1. The van der Waals surface area contributed by atoms with Crippen LogP contribution < -0.4 is 26.9 Å². The van der Waals surface area contributed by atoms with Gasteiger partial charge in [-0.15, -0.1) is 11.3 Å². The lowest BCUT2D eigenvalue weighted by molar-refractivity contribution is 0.0989. The Labute approximate surface area is 265 Å². The highest BCUT2D eigenvalue weighted by Gasteiger charge is 2.25. The number of aromatic nitrogens is 3. The highest BCUT2D eigenvalue weighted by Crippen LogP contribution is 2.28. The second-order valence-electron chi connectivity index (χ2n) is 11.2. The molecule has 230 valence electrons. The second-order valence-corrected chi connectivity index (χ2v) is 12.1. The average Bonchev–Trinajstić information content (AvgIpc) is 3.64. The Kier molecular flexibility index (Phi) is 8.88. The zero-order valence-electron chi connectivity index (χ0n) is 25.2. The number of hydrogen-bond donors (Lipinski definition) is 2. The van der Waals surface area contributed by atoms with E-state index in [4.69, 9.17) is 16.6 Å². The number of amides is 1. The molecule has 1 saturated heterocycles. The molecule has 11 heteroatoms. The molecule has 5 aromatic rings. The van der Waals surface area contributed by atoms with Gasteiger partial charge in [-0.05, 0) is 72.2 Å². The summed E-state index contributed by atoms with van der Waals surface area (Å²) < 4.78 is 1.84. The molecule has 4 heterocycles. The first kappa shape index (κ1) is 30.0. The summed E-state index contributed by atoms with van der Waals surface area (Å²) in [4.78, 5) is 41.5. The molecule has 0 bridgehead atoms. The molecule has 4 N–H and O–H groups in total. The van der Waals surface area contributed by atoms with Gasteiger partial charge >= 0.3 is 0 Å². The molecule has 0 spiro atoms. The van der Waals surface area contributed by atoms with Crippen molar-refractivity contribution in [3.63, 3.8) is 0 Å². The lowest BCUT2D eigenvalue weighted by atomic mass is 9.95. The number of rotatable bonds is 9. The third-order valence-electron chi connectivity index (χ3n) is 8.40. The molecule has 0 radical (unpaired) electrons. The number of fused-ring (bicyclic) bond motifs is 1. The fourth-order valence-corrected chi connectivity index (χ4v) is 6.69. The fraction of sp³-hybridized carbons (Fsp3) is 0.265. The molecule has 3 aromatic heterocycles. The number of pyridine rings is 1. The topological polar surface area (TPSA) is 136 Å². The van der Waals surface area contributed by atoms with Crippen molar-refractivity contribution < 1.29 is 4.79 Å². The van der Waals surface area contributed by atoms with E-state index in [0.717, 1.165) is 48.6 Å². The number of para-hydroxylation sites is 1. The van der Waals surface area contributed by atoms with Crippen LogP contribution >= 0.6 is 11.3 Å². The maximum absolute atomic E-state index is 14.1. The van der Waals surface area contributed by atoms with Crippen LogP contribution in [0.2, 0.25) is 0 Å². The van der Waals surface area contributed by atoms with Crippen LogP contribution in [-0.4, -0.2) is 39.4 Å². The third kappa shape index (κ3) is 6.30. The predicted octanol–water partition coefficient (Wildman–Crippen LogP) is 4.76. The Morgan fingerprint density at radius 1 is 1.09 bits per heavy atom. The van der Waals surface area contributed by atoms with Crippen molar-refractivity contribution in [3.05, 3.63) is 117 Å². The van der Waals surface area contributed by atoms with E-state index in [0.29, 0.717) is 52.7 Å². The SMILES string of the molecule is CCc1nc2ccc(N(Cc3cccnc3)C(=O)c3cccs3)cc2c(=O)n1CC1CCN(c2ccccc2/C(N)=N/N)CC1. The van der Waals surface area contributed by atoms with Gasteiger partial charge in [0, 0.05) is 55.4 Å². The van der Waals surface area contributed by atoms with Crippen LogP contribution in [0.4, 0.5) is 11.4 Å². The van der Waals surface area contributed by atoms with Crippen molar-refractivity contribution in [3.8, 4) is 0 Å². The number of aryl methyl sites for hydroxylation is 1. The van der Waals surface area contributed by atoms with Gasteiger partial charge in [0.2, 0.25) is 0 Å². The van der Waals surface area contributed by atoms with Gasteiger partial charge in [-0.3, -0.25) is 19.1 Å². The van der Waals surface area contributed by atoms with Crippen molar-refractivity contribution >= 4 is 45.4 Å². The summed E-state index contributed by atoms with van der Waals surface area (Å²) in [6.07, 6.45) is 5.93. The number of hydrazone groups is 1.